The summed E-state index contributed by atoms with van der Waals surface area (Å²) >= 11 is 0. The van der Waals surface area contributed by atoms with Gasteiger partial charge in [-0.2, -0.15) is 0 Å². The highest BCUT2D eigenvalue weighted by atomic mass is 19.1. The van der Waals surface area contributed by atoms with Crippen LogP contribution in [0.1, 0.15) is 31.7 Å². The van der Waals surface area contributed by atoms with Crippen LogP contribution in [0.25, 0.3) is 0 Å². The lowest BCUT2D eigenvalue weighted by Crippen LogP contribution is -1.82. The van der Waals surface area contributed by atoms with Gasteiger partial charge in [0.25, 0.3) is 0 Å². The van der Waals surface area contributed by atoms with E-state index in [2.05, 4.69) is 13.3 Å². The molecule has 0 nitrogen and oxygen atoms in total. The van der Waals surface area contributed by atoms with Crippen molar-refractivity contribution in [2.75, 3.05) is 0 Å². The van der Waals surface area contributed by atoms with Crippen LogP contribution in [-0.4, -0.2) is 0 Å². The van der Waals surface area contributed by atoms with Crippen LogP contribution in [0.4, 0.5) is 4.39 Å². The van der Waals surface area contributed by atoms with E-state index < -0.39 is 0 Å². The molecule has 0 aliphatic carbocycles. The van der Waals surface area contributed by atoms with Gasteiger partial charge in [0.1, 0.15) is 5.82 Å². The van der Waals surface area contributed by atoms with Crippen molar-refractivity contribution in [2.24, 2.45) is 0 Å². The molecule has 0 amide bonds. The molecule has 0 aromatic heterocycles. The molecule has 1 aromatic carbocycles. The van der Waals surface area contributed by atoms with Crippen LogP contribution in [0.2, 0.25) is 0 Å². The highest BCUT2D eigenvalue weighted by Crippen LogP contribution is 2.09. The fourth-order valence-electron chi connectivity index (χ4n) is 1.07. The van der Waals surface area contributed by atoms with E-state index in [1.165, 1.54) is 25.0 Å². The van der Waals surface area contributed by atoms with Crippen LogP contribution in [0.15, 0.2) is 24.3 Å². The molecule has 1 heteroatoms. The maximum Gasteiger partial charge on any atom is 0.123 e. The summed E-state index contributed by atoms with van der Waals surface area (Å²) in [5.41, 5.74) is 1.12. The van der Waals surface area contributed by atoms with Gasteiger partial charge in [-0.1, -0.05) is 31.9 Å². The van der Waals surface area contributed by atoms with E-state index in [1.54, 1.807) is 0 Å². The third-order valence-electron chi connectivity index (χ3n) is 1.81. The van der Waals surface area contributed by atoms with Crippen molar-refractivity contribution in [3.8, 4) is 0 Å². The lowest BCUT2D eigenvalue weighted by molar-refractivity contribution is 0.627. The second-order valence-electron chi connectivity index (χ2n) is 2.90. The monoisotopic (exact) mass is 165 g/mol. The normalized spacial score (nSPS) is 10.2. The van der Waals surface area contributed by atoms with Crippen LogP contribution in [0, 0.1) is 12.2 Å². The third-order valence-corrected chi connectivity index (χ3v) is 1.81. The van der Waals surface area contributed by atoms with Crippen molar-refractivity contribution in [1.82, 2.24) is 0 Å². The highest BCUT2D eigenvalue weighted by molar-refractivity contribution is 5.22. The van der Waals surface area contributed by atoms with Gasteiger partial charge >= 0.3 is 0 Å². The largest absolute Gasteiger partial charge is 0.207 e. The van der Waals surface area contributed by atoms with Crippen molar-refractivity contribution >= 4 is 0 Å². The molecule has 0 saturated heterocycles. The average Bonchev–Trinajstić information content (AvgIpc) is 2.09. The van der Waals surface area contributed by atoms with Crippen molar-refractivity contribution in [1.29, 1.82) is 0 Å². The number of hydrogen-bond acceptors (Lipinski definition) is 0. The molecule has 0 fully saturated rings. The number of hydrogen-bond donors (Lipinski definition) is 0. The zero-order valence-corrected chi connectivity index (χ0v) is 7.39. The molecule has 0 heterocycles. The molecular weight excluding hydrogens is 151 g/mol. The standard InChI is InChI=1S/C11H14F/c1-2-3-4-5-10-6-8-11(12)9-7-10/h5-9H,2-4H2,1H3. The van der Waals surface area contributed by atoms with Crippen LogP contribution < -0.4 is 0 Å². The minimum absolute atomic E-state index is 0.164. The predicted octanol–water partition coefficient (Wildman–Crippen LogP) is 3.57. The summed E-state index contributed by atoms with van der Waals surface area (Å²) in [5, 5.41) is 0. The van der Waals surface area contributed by atoms with Gasteiger partial charge in [-0.15, -0.1) is 0 Å². The zero-order valence-electron chi connectivity index (χ0n) is 7.39. The summed E-state index contributed by atoms with van der Waals surface area (Å²) in [7, 11) is 0. The van der Waals surface area contributed by atoms with Gasteiger partial charge in [0, 0.05) is 0 Å². The van der Waals surface area contributed by atoms with E-state index in [0.29, 0.717) is 0 Å². The van der Waals surface area contributed by atoms with Gasteiger partial charge in [0.2, 0.25) is 0 Å². The molecule has 12 heavy (non-hydrogen) atoms. The first-order valence-electron chi connectivity index (χ1n) is 4.41. The Morgan fingerprint density at radius 1 is 1.25 bits per heavy atom. The lowest BCUT2D eigenvalue weighted by Gasteiger charge is -1.98. The van der Waals surface area contributed by atoms with Gasteiger partial charge in [0.05, 0.1) is 0 Å². The van der Waals surface area contributed by atoms with E-state index in [-0.39, 0.29) is 5.82 Å². The Morgan fingerprint density at radius 3 is 2.50 bits per heavy atom. The minimum Gasteiger partial charge on any atom is -0.207 e. The van der Waals surface area contributed by atoms with Gasteiger partial charge in [-0.3, -0.25) is 0 Å². The van der Waals surface area contributed by atoms with Crippen molar-refractivity contribution in [3.05, 3.63) is 42.1 Å². The molecule has 0 aliphatic heterocycles. The maximum atomic E-state index is 12.5. The van der Waals surface area contributed by atoms with Crippen LogP contribution in [-0.2, 0) is 0 Å². The molecule has 0 saturated carbocycles. The first kappa shape index (κ1) is 9.24. The highest BCUT2D eigenvalue weighted by Gasteiger charge is 1.93. The molecule has 0 bridgehead atoms. The predicted molar refractivity (Wildman–Crippen MR) is 49.3 cm³/mol. The van der Waals surface area contributed by atoms with E-state index in [4.69, 9.17) is 0 Å². The van der Waals surface area contributed by atoms with Crippen LogP contribution in [0.3, 0.4) is 0 Å². The second kappa shape index (κ2) is 4.91. The Hall–Kier alpha value is -0.850. The lowest BCUT2D eigenvalue weighted by atomic mass is 10.1. The minimum atomic E-state index is -0.164. The molecule has 0 N–H and O–H groups in total. The summed E-state index contributed by atoms with van der Waals surface area (Å²) in [6.45, 7) is 2.17. The smallest absolute Gasteiger partial charge is 0.123 e. The number of halogens is 1. The maximum absolute atomic E-state index is 12.5. The van der Waals surface area contributed by atoms with Crippen molar-refractivity contribution in [2.45, 2.75) is 26.2 Å². The van der Waals surface area contributed by atoms with Gasteiger partial charge in [0.15, 0.2) is 0 Å². The quantitative estimate of drug-likeness (QED) is 0.598. The molecule has 65 valence electrons. The Morgan fingerprint density at radius 2 is 1.92 bits per heavy atom. The zero-order chi connectivity index (χ0) is 8.81. The van der Waals surface area contributed by atoms with Crippen LogP contribution in [0.5, 0.6) is 0 Å². The Labute approximate surface area is 73.4 Å². The van der Waals surface area contributed by atoms with E-state index >= 15 is 0 Å². The first-order valence-corrected chi connectivity index (χ1v) is 4.41. The second-order valence-corrected chi connectivity index (χ2v) is 2.90. The summed E-state index contributed by atoms with van der Waals surface area (Å²) in [6, 6.07) is 6.62. The molecular formula is C11H14F. The fourth-order valence-corrected chi connectivity index (χ4v) is 1.07. The molecule has 0 atom stereocenters. The van der Waals surface area contributed by atoms with E-state index in [1.807, 2.05) is 12.1 Å². The number of unbranched alkanes of at least 4 members (excludes halogenated alkanes) is 2. The molecule has 0 spiro atoms. The summed E-state index contributed by atoms with van der Waals surface area (Å²) < 4.78 is 12.5. The summed E-state index contributed by atoms with van der Waals surface area (Å²) in [5.74, 6) is -0.164. The van der Waals surface area contributed by atoms with Gasteiger partial charge < -0.3 is 0 Å². The number of rotatable bonds is 4. The molecule has 1 aromatic rings. The summed E-state index contributed by atoms with van der Waals surface area (Å²) in [4.78, 5) is 0. The van der Waals surface area contributed by atoms with Crippen LogP contribution >= 0.6 is 0 Å². The molecule has 0 unspecified atom stereocenters. The van der Waals surface area contributed by atoms with E-state index in [9.17, 15) is 4.39 Å². The first-order chi connectivity index (χ1) is 5.83. The third kappa shape index (κ3) is 3.04. The topological polar surface area (TPSA) is 0 Å². The number of benzene rings is 1. The SMILES string of the molecule is CCCC[CH]c1ccc(F)cc1. The van der Waals surface area contributed by atoms with Gasteiger partial charge in [-0.25, -0.2) is 4.39 Å². The fraction of sp³-hybridized carbons (Fsp3) is 0.364. The Bertz CT molecular complexity index is 213. The van der Waals surface area contributed by atoms with Crippen molar-refractivity contribution in [3.63, 3.8) is 0 Å². The molecule has 0 aliphatic rings. The van der Waals surface area contributed by atoms with E-state index in [0.717, 1.165) is 12.0 Å². The molecule has 1 radical (unpaired) electrons. The summed E-state index contributed by atoms with van der Waals surface area (Å²) in [6.07, 6.45) is 5.64. The Balaban J connectivity index is 2.37. The van der Waals surface area contributed by atoms with Gasteiger partial charge in [-0.05, 0) is 30.5 Å². The Kier molecular flexibility index (Phi) is 3.78. The van der Waals surface area contributed by atoms with Crippen molar-refractivity contribution < 1.29 is 4.39 Å². The molecule has 1 rings (SSSR count). The average molecular weight is 165 g/mol.